The number of oxime groups is 2. The van der Waals surface area contributed by atoms with E-state index in [0.29, 0.717) is 12.1 Å². The third kappa shape index (κ3) is 1.62. The predicted molar refractivity (Wildman–Crippen MR) is 86.1 cm³/mol. The topological polar surface area (TPSA) is 85.4 Å². The van der Waals surface area contributed by atoms with Gasteiger partial charge in [-0.15, -0.1) is 0 Å². The Morgan fingerprint density at radius 3 is 2.39 bits per heavy atom. The summed E-state index contributed by atoms with van der Waals surface area (Å²) < 4.78 is 0. The number of allylic oxidation sites excluding steroid dienone is 1. The lowest BCUT2D eigenvalue weighted by Gasteiger charge is -2.60. The lowest BCUT2D eigenvalue weighted by Crippen LogP contribution is -2.63. The Kier molecular flexibility index (Phi) is 3.01. The van der Waals surface area contributed by atoms with Crippen LogP contribution in [0.3, 0.4) is 0 Å². The maximum Gasteiger partial charge on any atom is 0.0799 e. The van der Waals surface area contributed by atoms with Gasteiger partial charge in [-0.3, -0.25) is 0 Å². The highest BCUT2D eigenvalue weighted by Crippen LogP contribution is 2.63. The smallest absolute Gasteiger partial charge is 0.0799 e. The molecule has 5 rings (SSSR count). The van der Waals surface area contributed by atoms with E-state index in [1.807, 2.05) is 18.2 Å². The molecular formula is C18H20N2O3. The Bertz CT molecular complexity index is 725. The van der Waals surface area contributed by atoms with Gasteiger partial charge in [0.25, 0.3) is 0 Å². The zero-order valence-corrected chi connectivity index (χ0v) is 12.9. The standard InChI is InChI=1S/C18H20N2O3/c1-10-12-7-18(11-5-3-2-4-6-11)8-13(16(12)19-22)17(20-23)15(10)14(18)9-21/h2-6,9-10,12-13,15,21-23H,7-8H2,1H3/b14-9-,19-16-,20-17+. The molecule has 4 bridgehead atoms. The van der Waals surface area contributed by atoms with Gasteiger partial charge in [0.15, 0.2) is 0 Å². The van der Waals surface area contributed by atoms with Crippen molar-refractivity contribution >= 4 is 11.4 Å². The number of hydrogen-bond acceptors (Lipinski definition) is 5. The van der Waals surface area contributed by atoms with Crippen LogP contribution in [0, 0.1) is 23.7 Å². The molecule has 5 unspecified atom stereocenters. The van der Waals surface area contributed by atoms with Crippen molar-refractivity contribution in [3.8, 4) is 0 Å². The van der Waals surface area contributed by atoms with Gasteiger partial charge in [-0.2, -0.15) is 0 Å². The minimum atomic E-state index is -0.273. The summed E-state index contributed by atoms with van der Waals surface area (Å²) >= 11 is 0. The van der Waals surface area contributed by atoms with Gasteiger partial charge >= 0.3 is 0 Å². The minimum Gasteiger partial charge on any atom is -0.516 e. The maximum absolute atomic E-state index is 10.0. The highest BCUT2D eigenvalue weighted by atomic mass is 16.4. The number of rotatable bonds is 1. The van der Waals surface area contributed by atoms with Crippen molar-refractivity contribution in [1.82, 2.24) is 0 Å². The Morgan fingerprint density at radius 1 is 1.09 bits per heavy atom. The number of aliphatic hydroxyl groups is 1. The molecule has 0 aromatic heterocycles. The SMILES string of the molecule is CC1C2CC3(c4ccccc4)CC(/C2=N\O)/C(=N\O)C1/C3=C/O. The largest absolute Gasteiger partial charge is 0.516 e. The molecule has 4 aliphatic rings. The van der Waals surface area contributed by atoms with Crippen molar-refractivity contribution in [2.75, 3.05) is 0 Å². The quantitative estimate of drug-likeness (QED) is 0.422. The molecule has 5 heteroatoms. The molecule has 4 aliphatic carbocycles. The zero-order valence-electron chi connectivity index (χ0n) is 12.9. The summed E-state index contributed by atoms with van der Waals surface area (Å²) in [7, 11) is 0. The fraction of sp³-hybridized carbons (Fsp3) is 0.444. The van der Waals surface area contributed by atoms with Crippen molar-refractivity contribution in [2.45, 2.75) is 25.2 Å². The molecule has 0 radical (unpaired) electrons. The molecule has 120 valence electrons. The highest BCUT2D eigenvalue weighted by molar-refractivity contribution is 6.14. The van der Waals surface area contributed by atoms with Crippen LogP contribution in [0.2, 0.25) is 0 Å². The lowest BCUT2D eigenvalue weighted by atomic mass is 9.42. The Labute approximate surface area is 134 Å². The van der Waals surface area contributed by atoms with Gasteiger partial charge in [0.2, 0.25) is 0 Å². The summed E-state index contributed by atoms with van der Waals surface area (Å²) in [4.78, 5) is 0. The molecule has 23 heavy (non-hydrogen) atoms. The number of nitrogens with zero attached hydrogens (tertiary/aromatic N) is 2. The van der Waals surface area contributed by atoms with Gasteiger partial charge < -0.3 is 15.5 Å². The maximum atomic E-state index is 10.0. The summed E-state index contributed by atoms with van der Waals surface area (Å²) in [6.07, 6.45) is 2.70. The van der Waals surface area contributed by atoms with Crippen molar-refractivity contribution < 1.29 is 15.5 Å². The molecule has 5 nitrogen and oxygen atoms in total. The third-order valence-corrected chi connectivity index (χ3v) is 6.28. The second kappa shape index (κ2) is 4.85. The van der Waals surface area contributed by atoms with E-state index in [9.17, 15) is 15.5 Å². The lowest BCUT2D eigenvalue weighted by molar-refractivity contribution is 0.151. The summed E-state index contributed by atoms with van der Waals surface area (Å²) in [6, 6.07) is 10.2. The molecule has 0 heterocycles. The molecule has 0 spiro atoms. The zero-order chi connectivity index (χ0) is 16.2. The van der Waals surface area contributed by atoms with Gasteiger partial charge in [0, 0.05) is 23.2 Å². The minimum absolute atomic E-state index is 0.104. The van der Waals surface area contributed by atoms with E-state index in [1.54, 1.807) is 0 Å². The Morgan fingerprint density at radius 2 is 1.78 bits per heavy atom. The molecule has 0 saturated heterocycles. The van der Waals surface area contributed by atoms with E-state index in [0.717, 1.165) is 17.7 Å². The first-order valence-electron chi connectivity index (χ1n) is 8.02. The van der Waals surface area contributed by atoms with Gasteiger partial charge in [-0.05, 0) is 29.9 Å². The van der Waals surface area contributed by atoms with Crippen molar-refractivity contribution in [2.24, 2.45) is 34.0 Å². The average molecular weight is 312 g/mol. The molecule has 1 aromatic carbocycles. The van der Waals surface area contributed by atoms with Crippen molar-refractivity contribution in [3.05, 3.63) is 47.7 Å². The third-order valence-electron chi connectivity index (χ3n) is 6.28. The normalized spacial score (nSPS) is 43.6. The fourth-order valence-corrected chi connectivity index (χ4v) is 5.32. The second-order valence-corrected chi connectivity index (χ2v) is 6.99. The van der Waals surface area contributed by atoms with Crippen LogP contribution in [-0.2, 0) is 5.41 Å². The Hall–Kier alpha value is -2.30. The van der Waals surface area contributed by atoms with Crippen molar-refractivity contribution in [3.63, 3.8) is 0 Å². The fourth-order valence-electron chi connectivity index (χ4n) is 5.32. The molecule has 0 amide bonds. The van der Waals surface area contributed by atoms with Gasteiger partial charge in [0.1, 0.15) is 0 Å². The summed E-state index contributed by atoms with van der Waals surface area (Å²) in [5.41, 5.74) is 3.16. The molecular weight excluding hydrogens is 292 g/mol. The molecule has 5 atom stereocenters. The summed E-state index contributed by atoms with van der Waals surface area (Å²) in [6.45, 7) is 2.08. The van der Waals surface area contributed by atoms with Crippen LogP contribution in [0.4, 0.5) is 0 Å². The van der Waals surface area contributed by atoms with Crippen LogP contribution in [0.25, 0.3) is 0 Å². The molecule has 3 N–H and O–H groups in total. The average Bonchev–Trinajstić information content (AvgIpc) is 2.60. The summed E-state index contributed by atoms with van der Waals surface area (Å²) in [5, 5.41) is 36.1. The summed E-state index contributed by atoms with van der Waals surface area (Å²) in [5.74, 6) is 0.0128. The van der Waals surface area contributed by atoms with E-state index < -0.39 is 0 Å². The molecule has 4 saturated carbocycles. The van der Waals surface area contributed by atoms with Crippen LogP contribution in [0.1, 0.15) is 25.3 Å². The molecule has 0 aliphatic heterocycles. The number of benzene rings is 1. The molecule has 4 fully saturated rings. The van der Waals surface area contributed by atoms with Crippen molar-refractivity contribution in [1.29, 1.82) is 0 Å². The van der Waals surface area contributed by atoms with Crippen LogP contribution < -0.4 is 0 Å². The second-order valence-electron chi connectivity index (χ2n) is 6.99. The van der Waals surface area contributed by atoms with Crippen LogP contribution in [-0.4, -0.2) is 26.9 Å². The van der Waals surface area contributed by atoms with Gasteiger partial charge in [-0.25, -0.2) is 0 Å². The van der Waals surface area contributed by atoms with E-state index in [-0.39, 0.29) is 29.1 Å². The van der Waals surface area contributed by atoms with E-state index in [1.165, 1.54) is 11.8 Å². The predicted octanol–water partition coefficient (Wildman–Crippen LogP) is 3.33. The van der Waals surface area contributed by atoms with E-state index in [2.05, 4.69) is 29.4 Å². The van der Waals surface area contributed by atoms with Gasteiger partial charge in [-0.1, -0.05) is 47.6 Å². The highest BCUT2D eigenvalue weighted by Gasteiger charge is 2.63. The van der Waals surface area contributed by atoms with E-state index >= 15 is 0 Å². The monoisotopic (exact) mass is 312 g/mol. The Balaban J connectivity index is 1.95. The number of hydrogen-bond donors (Lipinski definition) is 3. The number of aliphatic hydroxyl groups excluding tert-OH is 1. The first kappa shape index (κ1) is 14.3. The van der Waals surface area contributed by atoms with Crippen LogP contribution in [0.5, 0.6) is 0 Å². The first-order valence-corrected chi connectivity index (χ1v) is 8.02. The van der Waals surface area contributed by atoms with Crippen LogP contribution >= 0.6 is 0 Å². The van der Waals surface area contributed by atoms with Crippen LogP contribution in [0.15, 0.2) is 52.5 Å². The first-order chi connectivity index (χ1) is 11.2. The molecule has 1 aromatic rings. The van der Waals surface area contributed by atoms with Gasteiger partial charge in [0.05, 0.1) is 17.7 Å². The van der Waals surface area contributed by atoms with E-state index in [4.69, 9.17) is 0 Å².